The lowest BCUT2D eigenvalue weighted by Gasteiger charge is -2.50. The van der Waals surface area contributed by atoms with Crippen molar-refractivity contribution in [3.63, 3.8) is 0 Å². The first kappa shape index (κ1) is 12.8. The molecular weight excluding hydrogens is 236 g/mol. The van der Waals surface area contributed by atoms with Gasteiger partial charge in [0.05, 0.1) is 0 Å². The lowest BCUT2D eigenvalue weighted by Crippen LogP contribution is -2.53. The van der Waals surface area contributed by atoms with Crippen molar-refractivity contribution in [2.75, 3.05) is 18.4 Å². The first-order valence-corrected chi connectivity index (χ1v) is 7.25. The number of aromatic hydroxyl groups is 1. The molecule has 1 saturated heterocycles. The number of aryl methyl sites for hydroxylation is 1. The topological polar surface area (TPSA) is 44.3 Å². The first-order valence-electron chi connectivity index (χ1n) is 7.25. The predicted octanol–water partition coefficient (Wildman–Crippen LogP) is 2.92. The van der Waals surface area contributed by atoms with E-state index in [0.717, 1.165) is 25.1 Å². The van der Waals surface area contributed by atoms with E-state index in [1.54, 1.807) is 0 Å². The molecule has 1 aromatic rings. The van der Waals surface area contributed by atoms with Gasteiger partial charge in [-0.05, 0) is 68.0 Å². The van der Waals surface area contributed by atoms with E-state index in [0.29, 0.717) is 5.75 Å². The molecule has 2 aliphatic rings. The molecule has 1 spiro atoms. The molecule has 3 heteroatoms. The zero-order chi connectivity index (χ0) is 13.7. The van der Waals surface area contributed by atoms with Crippen LogP contribution in [-0.4, -0.2) is 23.7 Å². The number of rotatable bonds is 0. The molecule has 2 aliphatic heterocycles. The Balaban J connectivity index is 2.08. The Bertz CT molecular complexity index is 502. The predicted molar refractivity (Wildman–Crippen MR) is 78.9 cm³/mol. The molecule has 19 heavy (non-hydrogen) atoms. The minimum absolute atomic E-state index is 0.113. The van der Waals surface area contributed by atoms with Crippen LogP contribution in [0.25, 0.3) is 0 Å². The van der Waals surface area contributed by atoms with E-state index < -0.39 is 0 Å². The van der Waals surface area contributed by atoms with Crippen molar-refractivity contribution in [2.24, 2.45) is 0 Å². The van der Waals surface area contributed by atoms with Crippen LogP contribution in [0.15, 0.2) is 12.1 Å². The molecule has 3 rings (SSSR count). The highest BCUT2D eigenvalue weighted by molar-refractivity contribution is 5.65. The standard InChI is InChI=1S/C16H24N2O/c1-11-8-12(19)9-13-14(11)18-16(10-15(13,2)3)4-6-17-7-5-16/h8-9,17-19H,4-7,10H2,1-3H3. The number of piperidine rings is 1. The number of hydrogen-bond donors (Lipinski definition) is 3. The summed E-state index contributed by atoms with van der Waals surface area (Å²) in [6.07, 6.45) is 3.49. The van der Waals surface area contributed by atoms with Gasteiger partial charge in [-0.2, -0.15) is 0 Å². The Morgan fingerprint density at radius 3 is 2.53 bits per heavy atom. The van der Waals surface area contributed by atoms with Crippen molar-refractivity contribution in [1.82, 2.24) is 5.32 Å². The normalized spacial score (nSPS) is 23.7. The van der Waals surface area contributed by atoms with Gasteiger partial charge in [0.1, 0.15) is 5.75 Å². The van der Waals surface area contributed by atoms with Crippen LogP contribution in [0.4, 0.5) is 5.69 Å². The van der Waals surface area contributed by atoms with E-state index in [-0.39, 0.29) is 11.0 Å². The number of hydrogen-bond acceptors (Lipinski definition) is 3. The summed E-state index contributed by atoms with van der Waals surface area (Å²) >= 11 is 0. The zero-order valence-corrected chi connectivity index (χ0v) is 12.1. The summed E-state index contributed by atoms with van der Waals surface area (Å²) in [5.41, 5.74) is 4.00. The van der Waals surface area contributed by atoms with E-state index in [9.17, 15) is 5.11 Å². The van der Waals surface area contributed by atoms with Crippen LogP contribution in [-0.2, 0) is 5.41 Å². The van der Waals surface area contributed by atoms with Gasteiger partial charge < -0.3 is 15.7 Å². The summed E-state index contributed by atoms with van der Waals surface area (Å²) < 4.78 is 0. The van der Waals surface area contributed by atoms with Gasteiger partial charge in [-0.15, -0.1) is 0 Å². The Hall–Kier alpha value is -1.22. The number of phenols is 1. The molecule has 3 nitrogen and oxygen atoms in total. The minimum atomic E-state index is 0.113. The number of phenolic OH excluding ortho intramolecular Hbond substituents is 1. The average molecular weight is 260 g/mol. The summed E-state index contributed by atoms with van der Waals surface area (Å²) in [7, 11) is 0. The van der Waals surface area contributed by atoms with Crippen LogP contribution in [0.5, 0.6) is 5.75 Å². The molecule has 1 aromatic carbocycles. The van der Waals surface area contributed by atoms with Crippen molar-refractivity contribution < 1.29 is 5.11 Å². The molecule has 0 unspecified atom stereocenters. The molecule has 0 radical (unpaired) electrons. The molecule has 0 saturated carbocycles. The number of nitrogens with one attached hydrogen (secondary N) is 2. The highest BCUT2D eigenvalue weighted by Gasteiger charge is 2.43. The lowest BCUT2D eigenvalue weighted by atomic mass is 9.66. The lowest BCUT2D eigenvalue weighted by molar-refractivity contribution is 0.251. The van der Waals surface area contributed by atoms with Gasteiger partial charge in [0.25, 0.3) is 0 Å². The second kappa shape index (κ2) is 4.14. The fourth-order valence-electron chi connectivity index (χ4n) is 3.93. The number of benzene rings is 1. The average Bonchev–Trinajstić information content (AvgIpc) is 2.31. The van der Waals surface area contributed by atoms with Gasteiger partial charge in [-0.3, -0.25) is 0 Å². The van der Waals surface area contributed by atoms with Crippen molar-refractivity contribution in [3.05, 3.63) is 23.3 Å². The maximum atomic E-state index is 9.87. The Labute approximate surface area is 115 Å². The molecule has 2 heterocycles. The fraction of sp³-hybridized carbons (Fsp3) is 0.625. The second-order valence-electron chi connectivity index (χ2n) is 6.90. The van der Waals surface area contributed by atoms with Gasteiger partial charge in [0, 0.05) is 11.2 Å². The second-order valence-corrected chi connectivity index (χ2v) is 6.90. The van der Waals surface area contributed by atoms with E-state index in [4.69, 9.17) is 0 Å². The molecule has 0 aliphatic carbocycles. The Kier molecular flexibility index (Phi) is 2.79. The quantitative estimate of drug-likeness (QED) is 0.628. The van der Waals surface area contributed by atoms with Gasteiger partial charge in [0.15, 0.2) is 0 Å². The van der Waals surface area contributed by atoms with Crippen LogP contribution in [0, 0.1) is 6.92 Å². The van der Waals surface area contributed by atoms with E-state index >= 15 is 0 Å². The van der Waals surface area contributed by atoms with Gasteiger partial charge in [-0.1, -0.05) is 13.8 Å². The highest BCUT2D eigenvalue weighted by atomic mass is 16.3. The molecular formula is C16H24N2O. The SMILES string of the molecule is Cc1cc(O)cc2c1NC1(CCNCC1)CC2(C)C. The van der Waals surface area contributed by atoms with Crippen molar-refractivity contribution in [2.45, 2.75) is 51.0 Å². The Morgan fingerprint density at radius 1 is 1.16 bits per heavy atom. The molecule has 3 N–H and O–H groups in total. The van der Waals surface area contributed by atoms with Crippen molar-refractivity contribution in [1.29, 1.82) is 0 Å². The smallest absolute Gasteiger partial charge is 0.116 e. The van der Waals surface area contributed by atoms with Crippen LogP contribution in [0.1, 0.15) is 44.2 Å². The third-order valence-electron chi connectivity index (χ3n) is 4.78. The maximum Gasteiger partial charge on any atom is 0.116 e. The molecule has 0 amide bonds. The van der Waals surface area contributed by atoms with Gasteiger partial charge >= 0.3 is 0 Å². The summed E-state index contributed by atoms with van der Waals surface area (Å²) in [5.74, 6) is 0.382. The first-order chi connectivity index (χ1) is 8.92. The summed E-state index contributed by atoms with van der Waals surface area (Å²) in [4.78, 5) is 0. The number of fused-ring (bicyclic) bond motifs is 1. The van der Waals surface area contributed by atoms with Gasteiger partial charge in [-0.25, -0.2) is 0 Å². The monoisotopic (exact) mass is 260 g/mol. The zero-order valence-electron chi connectivity index (χ0n) is 12.1. The van der Waals surface area contributed by atoms with Crippen LogP contribution >= 0.6 is 0 Å². The van der Waals surface area contributed by atoms with Crippen molar-refractivity contribution in [3.8, 4) is 5.75 Å². The summed E-state index contributed by atoms with van der Waals surface area (Å²) in [6.45, 7) is 8.87. The molecule has 104 valence electrons. The highest BCUT2D eigenvalue weighted by Crippen LogP contribution is 2.48. The Morgan fingerprint density at radius 2 is 1.84 bits per heavy atom. The van der Waals surface area contributed by atoms with Crippen LogP contribution < -0.4 is 10.6 Å². The fourth-order valence-corrected chi connectivity index (χ4v) is 3.93. The van der Waals surface area contributed by atoms with Gasteiger partial charge in [0.2, 0.25) is 0 Å². The van der Waals surface area contributed by atoms with Crippen LogP contribution in [0.2, 0.25) is 0 Å². The largest absolute Gasteiger partial charge is 0.508 e. The third kappa shape index (κ3) is 2.10. The molecule has 1 fully saturated rings. The summed E-state index contributed by atoms with van der Waals surface area (Å²) in [5, 5.41) is 17.1. The van der Waals surface area contributed by atoms with E-state index in [2.05, 4.69) is 31.4 Å². The van der Waals surface area contributed by atoms with Crippen molar-refractivity contribution >= 4 is 5.69 Å². The van der Waals surface area contributed by atoms with Crippen LogP contribution in [0.3, 0.4) is 0 Å². The molecule has 0 atom stereocenters. The number of anilines is 1. The molecule has 0 bridgehead atoms. The maximum absolute atomic E-state index is 9.87. The van der Waals surface area contributed by atoms with E-state index in [1.165, 1.54) is 24.1 Å². The molecule has 0 aromatic heterocycles. The summed E-state index contributed by atoms with van der Waals surface area (Å²) in [6, 6.07) is 3.80. The van der Waals surface area contributed by atoms with E-state index in [1.807, 2.05) is 12.1 Å². The third-order valence-corrected chi connectivity index (χ3v) is 4.78. The minimum Gasteiger partial charge on any atom is -0.508 e.